The van der Waals surface area contributed by atoms with Crippen molar-refractivity contribution in [2.75, 3.05) is 6.79 Å². The molecule has 2 fully saturated rings. The minimum Gasteiger partial charge on any atom is -0.349 e. The first-order valence-electron chi connectivity index (χ1n) is 3.20. The maximum absolute atomic E-state index is 11.2. The highest BCUT2D eigenvalue weighted by Crippen LogP contribution is 2.31. The van der Waals surface area contributed by atoms with Crippen LogP contribution in [0.4, 0.5) is 0 Å². The van der Waals surface area contributed by atoms with Crippen molar-refractivity contribution in [1.82, 2.24) is 0 Å². The fraction of sp³-hybridized carbons (Fsp3) is 0.833. The summed E-state index contributed by atoms with van der Waals surface area (Å²) in [4.78, 5) is 11.2. The first-order valence-corrected chi connectivity index (χ1v) is 4.44. The van der Waals surface area contributed by atoms with Crippen molar-refractivity contribution in [2.24, 2.45) is 0 Å². The zero-order valence-corrected chi connectivity index (χ0v) is 7.41. The van der Waals surface area contributed by atoms with Gasteiger partial charge in [-0.05, 0) is 6.42 Å². The van der Waals surface area contributed by atoms with Crippen molar-refractivity contribution in [3.8, 4) is 0 Å². The van der Waals surface area contributed by atoms with Gasteiger partial charge in [0.2, 0.25) is 0 Å². The molecule has 0 amide bonds. The highest BCUT2D eigenvalue weighted by molar-refractivity contribution is 14.1. The van der Waals surface area contributed by atoms with Crippen molar-refractivity contribution in [3.05, 3.63) is 0 Å². The lowest BCUT2D eigenvalue weighted by Gasteiger charge is -2.00. The second-order valence-electron chi connectivity index (χ2n) is 2.52. The third-order valence-corrected chi connectivity index (χ3v) is 3.02. The Morgan fingerprint density at radius 1 is 1.50 bits per heavy atom. The SMILES string of the molecule is O=C1C(I)C[C@@H]2OCO[C@H]12. The van der Waals surface area contributed by atoms with Gasteiger partial charge >= 0.3 is 0 Å². The average Bonchev–Trinajstić information content (AvgIpc) is 2.41. The summed E-state index contributed by atoms with van der Waals surface area (Å²) in [6, 6.07) is 0. The van der Waals surface area contributed by atoms with Gasteiger partial charge < -0.3 is 9.47 Å². The van der Waals surface area contributed by atoms with Crippen LogP contribution >= 0.6 is 22.6 Å². The predicted molar refractivity (Wildman–Crippen MR) is 42.0 cm³/mol. The lowest BCUT2D eigenvalue weighted by atomic mass is 10.3. The molecule has 0 radical (unpaired) electrons. The molecule has 0 bridgehead atoms. The van der Waals surface area contributed by atoms with E-state index in [1.54, 1.807) is 0 Å². The van der Waals surface area contributed by atoms with Crippen LogP contribution in [0.1, 0.15) is 6.42 Å². The molecule has 4 heteroatoms. The van der Waals surface area contributed by atoms with E-state index in [2.05, 4.69) is 22.6 Å². The average molecular weight is 254 g/mol. The summed E-state index contributed by atoms with van der Waals surface area (Å²) in [5.41, 5.74) is 0. The number of rotatable bonds is 0. The van der Waals surface area contributed by atoms with E-state index in [1.807, 2.05) is 0 Å². The Morgan fingerprint density at radius 3 is 3.00 bits per heavy atom. The molecule has 0 spiro atoms. The van der Waals surface area contributed by atoms with Gasteiger partial charge in [-0.3, -0.25) is 4.79 Å². The van der Waals surface area contributed by atoms with Gasteiger partial charge in [0, 0.05) is 0 Å². The molecule has 1 saturated carbocycles. The second kappa shape index (κ2) is 2.42. The third kappa shape index (κ3) is 0.895. The fourth-order valence-electron chi connectivity index (χ4n) is 1.35. The number of carbonyl (C=O) groups excluding carboxylic acids is 1. The molecule has 56 valence electrons. The van der Waals surface area contributed by atoms with Crippen LogP contribution in [0.5, 0.6) is 0 Å². The number of carbonyl (C=O) groups is 1. The van der Waals surface area contributed by atoms with Crippen LogP contribution in [0, 0.1) is 0 Å². The molecule has 2 rings (SSSR count). The first-order chi connectivity index (χ1) is 4.79. The van der Waals surface area contributed by atoms with Gasteiger partial charge in [-0.25, -0.2) is 0 Å². The van der Waals surface area contributed by atoms with E-state index in [4.69, 9.17) is 9.47 Å². The highest BCUT2D eigenvalue weighted by atomic mass is 127. The Kier molecular flexibility index (Phi) is 1.69. The number of hydrogen-bond donors (Lipinski definition) is 0. The molecule has 10 heavy (non-hydrogen) atoms. The molecule has 1 aliphatic heterocycles. The van der Waals surface area contributed by atoms with E-state index < -0.39 is 0 Å². The van der Waals surface area contributed by atoms with Crippen LogP contribution in [0.25, 0.3) is 0 Å². The smallest absolute Gasteiger partial charge is 0.177 e. The fourth-order valence-corrected chi connectivity index (χ4v) is 2.21. The standard InChI is InChI=1S/C6H7IO3/c7-3-1-4-6(5(3)8)10-2-9-4/h3-4,6H,1-2H2/t3?,4-,6-/m0/s1. The molecular formula is C6H7IO3. The van der Waals surface area contributed by atoms with Crippen molar-refractivity contribution < 1.29 is 14.3 Å². The van der Waals surface area contributed by atoms with E-state index in [0.717, 1.165) is 6.42 Å². The van der Waals surface area contributed by atoms with Gasteiger partial charge in [0.25, 0.3) is 0 Å². The molecule has 3 atom stereocenters. The summed E-state index contributed by atoms with van der Waals surface area (Å²) in [5.74, 6) is 0.197. The topological polar surface area (TPSA) is 35.5 Å². The molecule has 2 aliphatic rings. The molecule has 3 nitrogen and oxygen atoms in total. The summed E-state index contributed by atoms with van der Waals surface area (Å²) >= 11 is 2.14. The molecule has 0 aromatic carbocycles. The minimum atomic E-state index is -0.248. The largest absolute Gasteiger partial charge is 0.349 e. The zero-order valence-electron chi connectivity index (χ0n) is 5.25. The van der Waals surface area contributed by atoms with Gasteiger partial charge in [-0.2, -0.15) is 0 Å². The molecule has 0 N–H and O–H groups in total. The van der Waals surface area contributed by atoms with Crippen molar-refractivity contribution >= 4 is 28.4 Å². The molecule has 1 heterocycles. The molecule has 0 aromatic heterocycles. The van der Waals surface area contributed by atoms with E-state index in [1.165, 1.54) is 0 Å². The number of ketones is 1. The van der Waals surface area contributed by atoms with Crippen molar-refractivity contribution in [2.45, 2.75) is 22.6 Å². The Bertz CT molecular complexity index is 170. The Morgan fingerprint density at radius 2 is 2.30 bits per heavy atom. The minimum absolute atomic E-state index is 0.0504. The summed E-state index contributed by atoms with van der Waals surface area (Å²) in [5, 5.41) is 0. The van der Waals surface area contributed by atoms with E-state index in [-0.39, 0.29) is 21.9 Å². The van der Waals surface area contributed by atoms with Gasteiger partial charge in [-0.15, -0.1) is 0 Å². The monoisotopic (exact) mass is 254 g/mol. The quantitative estimate of drug-likeness (QED) is 0.466. The number of ether oxygens (including phenoxy) is 2. The van der Waals surface area contributed by atoms with Gasteiger partial charge in [0.15, 0.2) is 5.78 Å². The second-order valence-corrected chi connectivity index (χ2v) is 4.02. The van der Waals surface area contributed by atoms with Crippen LogP contribution in [0.15, 0.2) is 0 Å². The molecular weight excluding hydrogens is 247 g/mol. The predicted octanol–water partition coefficient (Wildman–Crippen LogP) is 0.504. The van der Waals surface area contributed by atoms with Crippen LogP contribution in [0.2, 0.25) is 0 Å². The lowest BCUT2D eigenvalue weighted by Crippen LogP contribution is -2.23. The van der Waals surface area contributed by atoms with E-state index in [0.29, 0.717) is 6.79 Å². The van der Waals surface area contributed by atoms with Crippen molar-refractivity contribution in [3.63, 3.8) is 0 Å². The number of fused-ring (bicyclic) bond motifs is 1. The number of Topliss-reactive ketones (excluding diaryl/α,β-unsaturated/α-hetero) is 1. The summed E-state index contributed by atoms with van der Waals surface area (Å²) in [6.07, 6.45) is 0.626. The third-order valence-electron chi connectivity index (χ3n) is 1.90. The Labute approximate surface area is 72.2 Å². The normalized spacial score (nSPS) is 46.1. The van der Waals surface area contributed by atoms with Gasteiger partial charge in [0.1, 0.15) is 12.9 Å². The van der Waals surface area contributed by atoms with E-state index in [9.17, 15) is 4.79 Å². The van der Waals surface area contributed by atoms with Crippen LogP contribution in [-0.2, 0) is 14.3 Å². The number of halogens is 1. The Hall–Kier alpha value is 0.320. The highest BCUT2D eigenvalue weighted by Gasteiger charge is 2.45. The van der Waals surface area contributed by atoms with Crippen molar-refractivity contribution in [1.29, 1.82) is 0 Å². The molecule has 1 aliphatic carbocycles. The maximum Gasteiger partial charge on any atom is 0.177 e. The van der Waals surface area contributed by atoms with Gasteiger partial charge in [0.05, 0.1) is 10.0 Å². The number of alkyl halides is 1. The molecule has 1 saturated heterocycles. The van der Waals surface area contributed by atoms with Crippen LogP contribution in [-0.4, -0.2) is 28.7 Å². The summed E-state index contributed by atoms with van der Waals surface area (Å²) < 4.78 is 10.4. The molecule has 1 unspecified atom stereocenters. The first kappa shape index (κ1) is 7.00. The summed E-state index contributed by atoms with van der Waals surface area (Å²) in [7, 11) is 0. The summed E-state index contributed by atoms with van der Waals surface area (Å²) in [6.45, 7) is 0.296. The zero-order chi connectivity index (χ0) is 7.14. The number of hydrogen-bond acceptors (Lipinski definition) is 3. The maximum atomic E-state index is 11.2. The molecule has 0 aromatic rings. The van der Waals surface area contributed by atoms with Gasteiger partial charge in [-0.1, -0.05) is 22.6 Å². The van der Waals surface area contributed by atoms with E-state index >= 15 is 0 Å². The van der Waals surface area contributed by atoms with Crippen LogP contribution < -0.4 is 0 Å². The lowest BCUT2D eigenvalue weighted by molar-refractivity contribution is -0.124. The van der Waals surface area contributed by atoms with Crippen LogP contribution in [0.3, 0.4) is 0 Å². The Balaban J connectivity index is 2.17.